The Morgan fingerprint density at radius 1 is 1.27 bits per heavy atom. The summed E-state index contributed by atoms with van der Waals surface area (Å²) < 4.78 is 5.87. The Bertz CT molecular complexity index is 1320. The first-order valence-electron chi connectivity index (χ1n) is 13.1. The molecule has 0 radical (unpaired) electrons. The quantitative estimate of drug-likeness (QED) is 0.403. The van der Waals surface area contributed by atoms with Gasteiger partial charge in [0.1, 0.15) is 5.60 Å². The van der Waals surface area contributed by atoms with E-state index >= 15 is 0 Å². The van der Waals surface area contributed by atoms with Gasteiger partial charge in [0.05, 0.1) is 17.4 Å². The number of hydrogen-bond donors (Lipinski definition) is 3. The lowest BCUT2D eigenvalue weighted by atomic mass is 9.82. The number of allylic oxidation sites excluding steroid dienone is 1. The van der Waals surface area contributed by atoms with Crippen LogP contribution in [0.1, 0.15) is 49.3 Å². The topological polar surface area (TPSA) is 99.3 Å². The van der Waals surface area contributed by atoms with Crippen LogP contribution < -0.4 is 10.6 Å². The molecule has 1 unspecified atom stereocenters. The monoisotopic (exact) mass is 501 g/mol. The molecule has 3 heterocycles. The number of H-pyrrole nitrogens is 1. The maximum absolute atomic E-state index is 13.2. The Kier molecular flexibility index (Phi) is 6.91. The molecule has 1 aromatic heterocycles. The molecule has 1 saturated heterocycles. The van der Waals surface area contributed by atoms with Crippen LogP contribution in [0, 0.1) is 12.8 Å². The van der Waals surface area contributed by atoms with Crippen LogP contribution in [0.5, 0.6) is 0 Å². The number of aromatic amines is 1. The summed E-state index contributed by atoms with van der Waals surface area (Å²) in [7, 11) is 0. The number of aromatic nitrogens is 2. The van der Waals surface area contributed by atoms with Gasteiger partial charge in [-0.05, 0) is 49.4 Å². The van der Waals surface area contributed by atoms with E-state index in [2.05, 4.69) is 58.3 Å². The standard InChI is InChI=1S/C29H35N5O3/c1-4-11-30-27(35)22(16-21-14-19(2)26-23(17-21)18-31-33-26)15-20(3)34-12-9-29(10-13-34)24-7-5-6-8-25(24)32-28(36)37-29/h5-8,14,17-18,22H,3-4,9-13,15-16H2,1-2H3,(H,30,35)(H,31,33)(H,32,36). The summed E-state index contributed by atoms with van der Waals surface area (Å²) in [5.41, 5.74) is 5.45. The molecular weight excluding hydrogens is 466 g/mol. The normalized spacial score (nSPS) is 17.1. The van der Waals surface area contributed by atoms with E-state index < -0.39 is 11.7 Å². The first-order chi connectivity index (χ1) is 17.9. The lowest BCUT2D eigenvalue weighted by molar-refractivity contribution is -0.125. The molecule has 2 aliphatic heterocycles. The molecule has 37 heavy (non-hydrogen) atoms. The van der Waals surface area contributed by atoms with E-state index in [0.29, 0.717) is 45.3 Å². The van der Waals surface area contributed by atoms with Crippen molar-refractivity contribution in [3.8, 4) is 0 Å². The molecule has 194 valence electrons. The van der Waals surface area contributed by atoms with Gasteiger partial charge in [0.25, 0.3) is 0 Å². The van der Waals surface area contributed by atoms with Crippen molar-refractivity contribution in [1.82, 2.24) is 20.4 Å². The summed E-state index contributed by atoms with van der Waals surface area (Å²) >= 11 is 0. The molecule has 5 rings (SSSR count). The Morgan fingerprint density at radius 3 is 2.84 bits per heavy atom. The highest BCUT2D eigenvalue weighted by Gasteiger charge is 2.44. The zero-order valence-corrected chi connectivity index (χ0v) is 21.6. The third-order valence-electron chi connectivity index (χ3n) is 7.65. The lowest BCUT2D eigenvalue weighted by Crippen LogP contribution is -2.48. The number of fused-ring (bicyclic) bond motifs is 3. The average Bonchev–Trinajstić information content (AvgIpc) is 3.36. The molecule has 8 nitrogen and oxygen atoms in total. The van der Waals surface area contributed by atoms with Crippen LogP contribution in [0.15, 0.2) is 54.9 Å². The van der Waals surface area contributed by atoms with Gasteiger partial charge in [-0.15, -0.1) is 0 Å². The van der Waals surface area contributed by atoms with E-state index in [1.807, 2.05) is 30.5 Å². The van der Waals surface area contributed by atoms with Crippen molar-refractivity contribution < 1.29 is 14.3 Å². The third kappa shape index (κ3) is 5.05. The van der Waals surface area contributed by atoms with E-state index in [1.165, 1.54) is 0 Å². The third-order valence-corrected chi connectivity index (χ3v) is 7.65. The van der Waals surface area contributed by atoms with Gasteiger partial charge < -0.3 is 15.0 Å². The van der Waals surface area contributed by atoms with Crippen molar-refractivity contribution >= 4 is 28.6 Å². The van der Waals surface area contributed by atoms with E-state index in [0.717, 1.165) is 45.4 Å². The van der Waals surface area contributed by atoms with Crippen molar-refractivity contribution in [2.45, 2.75) is 51.6 Å². The van der Waals surface area contributed by atoms with E-state index in [-0.39, 0.29) is 11.8 Å². The minimum Gasteiger partial charge on any atom is -0.438 e. The summed E-state index contributed by atoms with van der Waals surface area (Å²) in [6.45, 7) is 10.6. The summed E-state index contributed by atoms with van der Waals surface area (Å²) in [6.07, 6.45) is 4.88. The maximum Gasteiger partial charge on any atom is 0.412 e. The molecular formula is C29H35N5O3. The van der Waals surface area contributed by atoms with Crippen LogP contribution >= 0.6 is 0 Å². The number of hydrogen-bond acceptors (Lipinski definition) is 5. The van der Waals surface area contributed by atoms with Gasteiger partial charge in [0, 0.05) is 55.0 Å². The highest BCUT2D eigenvalue weighted by molar-refractivity contribution is 5.89. The summed E-state index contributed by atoms with van der Waals surface area (Å²) in [5, 5.41) is 14.2. The number of anilines is 1. The van der Waals surface area contributed by atoms with Gasteiger partial charge in [-0.25, -0.2) is 4.79 Å². The second-order valence-corrected chi connectivity index (χ2v) is 10.3. The Labute approximate surface area is 217 Å². The molecule has 0 saturated carbocycles. The van der Waals surface area contributed by atoms with Gasteiger partial charge >= 0.3 is 6.09 Å². The van der Waals surface area contributed by atoms with Gasteiger partial charge in [-0.3, -0.25) is 15.2 Å². The van der Waals surface area contributed by atoms with Crippen LogP contribution in [0.25, 0.3) is 10.9 Å². The van der Waals surface area contributed by atoms with Crippen molar-refractivity contribution in [3.05, 3.63) is 71.6 Å². The number of carbonyl (C=O) groups is 2. The van der Waals surface area contributed by atoms with Crippen LogP contribution in [0.2, 0.25) is 0 Å². The number of rotatable bonds is 8. The predicted octanol–water partition coefficient (Wildman–Crippen LogP) is 5.01. The van der Waals surface area contributed by atoms with Gasteiger partial charge in [0.15, 0.2) is 0 Å². The highest BCUT2D eigenvalue weighted by Crippen LogP contribution is 2.44. The Hall–Kier alpha value is -3.81. The van der Waals surface area contributed by atoms with Crippen molar-refractivity contribution in [3.63, 3.8) is 0 Å². The van der Waals surface area contributed by atoms with E-state index in [1.54, 1.807) is 0 Å². The first-order valence-corrected chi connectivity index (χ1v) is 13.1. The molecule has 2 aliphatic rings. The zero-order chi connectivity index (χ0) is 26.0. The fraction of sp³-hybridized carbons (Fsp3) is 0.414. The lowest BCUT2D eigenvalue weighted by Gasteiger charge is -2.45. The van der Waals surface area contributed by atoms with Crippen molar-refractivity contribution in [1.29, 1.82) is 0 Å². The van der Waals surface area contributed by atoms with Crippen LogP contribution in [0.4, 0.5) is 10.5 Å². The number of ether oxygens (including phenoxy) is 1. The van der Waals surface area contributed by atoms with Crippen LogP contribution in [-0.2, 0) is 21.6 Å². The number of nitrogens with one attached hydrogen (secondary N) is 3. The number of carbonyl (C=O) groups excluding carboxylic acids is 2. The first kappa shape index (κ1) is 24.9. The van der Waals surface area contributed by atoms with E-state index in [4.69, 9.17) is 4.74 Å². The summed E-state index contributed by atoms with van der Waals surface area (Å²) in [4.78, 5) is 27.7. The van der Waals surface area contributed by atoms with Gasteiger partial charge in [0.2, 0.25) is 5.91 Å². The molecule has 8 heteroatoms. The number of likely N-dealkylation sites (tertiary alicyclic amines) is 1. The van der Waals surface area contributed by atoms with Gasteiger partial charge in [-0.2, -0.15) is 5.10 Å². The smallest absolute Gasteiger partial charge is 0.412 e. The average molecular weight is 502 g/mol. The van der Waals surface area contributed by atoms with Crippen molar-refractivity contribution in [2.24, 2.45) is 5.92 Å². The van der Waals surface area contributed by atoms with Gasteiger partial charge in [-0.1, -0.05) is 37.8 Å². The highest BCUT2D eigenvalue weighted by atomic mass is 16.6. The number of aryl methyl sites for hydroxylation is 1. The molecule has 1 fully saturated rings. The number of amides is 2. The second kappa shape index (κ2) is 10.3. The SMILES string of the molecule is C=C(CC(Cc1cc(C)c2[nH]ncc2c1)C(=O)NCCC)N1CCC2(CC1)OC(=O)Nc1ccccc12. The molecule has 1 spiro atoms. The predicted molar refractivity (Wildman–Crippen MR) is 144 cm³/mol. The zero-order valence-electron chi connectivity index (χ0n) is 21.6. The molecule has 0 bridgehead atoms. The summed E-state index contributed by atoms with van der Waals surface area (Å²) in [5.74, 6) is -0.168. The number of piperidine rings is 1. The molecule has 0 aliphatic carbocycles. The molecule has 2 amide bonds. The maximum atomic E-state index is 13.2. The van der Waals surface area contributed by atoms with E-state index in [9.17, 15) is 9.59 Å². The largest absolute Gasteiger partial charge is 0.438 e. The number of benzene rings is 2. The molecule has 3 aromatic rings. The molecule has 2 aromatic carbocycles. The Balaban J connectivity index is 1.29. The van der Waals surface area contributed by atoms with Crippen LogP contribution in [0.3, 0.4) is 0 Å². The minimum atomic E-state index is -0.620. The number of nitrogens with zero attached hydrogens (tertiary/aromatic N) is 2. The second-order valence-electron chi connectivity index (χ2n) is 10.3. The Morgan fingerprint density at radius 2 is 2.05 bits per heavy atom. The fourth-order valence-corrected chi connectivity index (χ4v) is 5.69. The minimum absolute atomic E-state index is 0.0580. The molecule has 3 N–H and O–H groups in total. The fourth-order valence-electron chi connectivity index (χ4n) is 5.69. The molecule has 1 atom stereocenters. The van der Waals surface area contributed by atoms with Crippen LogP contribution in [-0.4, -0.2) is 46.7 Å². The number of para-hydroxylation sites is 1. The summed E-state index contributed by atoms with van der Waals surface area (Å²) in [6, 6.07) is 12.1. The van der Waals surface area contributed by atoms with Crippen molar-refractivity contribution in [2.75, 3.05) is 25.0 Å².